The molecule has 0 saturated carbocycles. The molecule has 7 aromatic carbocycles. The largest absolute Gasteiger partial charge is 3.00 e. The summed E-state index contributed by atoms with van der Waals surface area (Å²) in [5.41, 5.74) is 4.97. The number of aromatic carboxylic acids is 3. The molecule has 22 heteroatoms. The van der Waals surface area contributed by atoms with E-state index >= 15 is 0 Å². The van der Waals surface area contributed by atoms with Crippen LogP contribution in [0.5, 0.6) is 23.0 Å². The van der Waals surface area contributed by atoms with E-state index in [0.717, 1.165) is 44.3 Å². The summed E-state index contributed by atoms with van der Waals surface area (Å²) in [4.78, 5) is 76.9. The number of carbonyl (C=O) groups is 6. The number of carboxylic acid groups (broad SMARTS) is 6. The molecule has 0 fully saturated rings. The number of nitrogens with zero attached hydrogens (tertiary/aromatic N) is 4. The average molecular weight is 1440 g/mol. The van der Waals surface area contributed by atoms with E-state index in [1.54, 1.807) is 141 Å². The number of hydrogen-bond donors (Lipinski definition) is 4. The van der Waals surface area contributed by atoms with Crippen LogP contribution in [0.2, 0.25) is 0 Å². The van der Waals surface area contributed by atoms with Gasteiger partial charge in [-0.05, 0) is 92.9 Å². The van der Waals surface area contributed by atoms with Gasteiger partial charge in [0.05, 0.1) is 17.9 Å². The van der Waals surface area contributed by atoms with Crippen LogP contribution in [0.4, 0.5) is 0 Å². The van der Waals surface area contributed by atoms with E-state index in [1.807, 2.05) is 125 Å². The first-order chi connectivity index (χ1) is 44.8. The molecule has 11 aromatic rings. The SMILES string of the molecule is CC(C)(C)C(=O)[O-].CC(C)(C)C(=O)[O-].CC(C)(C)C(=O)[O-].Cc1ccc2cccc(O)c2n1.Cc1ccc2cccc(O)c2n1.Cc1ccc2cccc(O)c2n1.Cc1ccc2cccc(O)c2n1.O=C([O-])c1ccccc1.O=C([O-])c1ccccc1.O=C([O-])c1ccccc1.[Ga+3].[Ga+3]. The maximum absolute atomic E-state index is 10.1. The maximum Gasteiger partial charge on any atom is 3.00 e. The Morgan fingerprint density at radius 3 is 0.561 bits per heavy atom. The number of phenols is 4. The Morgan fingerprint density at radius 2 is 0.429 bits per heavy atom. The molecule has 0 aliphatic rings. The summed E-state index contributed by atoms with van der Waals surface area (Å²) in [5.74, 6) is -5.42. The van der Waals surface area contributed by atoms with Gasteiger partial charge in [-0.15, -0.1) is 0 Å². The zero-order valence-electron chi connectivity index (χ0n) is 56.8. The van der Waals surface area contributed by atoms with Crippen molar-refractivity contribution in [2.45, 2.75) is 90.0 Å². The van der Waals surface area contributed by atoms with Gasteiger partial charge < -0.3 is 79.8 Å². The number of fused-ring (bicyclic) bond motifs is 4. The Bertz CT molecular complexity index is 3810. The summed E-state index contributed by atoms with van der Waals surface area (Å²) in [5, 5.41) is 102. The van der Waals surface area contributed by atoms with Gasteiger partial charge in [-0.1, -0.05) is 226 Å². The van der Waals surface area contributed by atoms with Crippen molar-refractivity contribution in [1.29, 1.82) is 0 Å². The van der Waals surface area contributed by atoms with Crippen molar-refractivity contribution in [3.8, 4) is 23.0 Å². The Labute approximate surface area is 596 Å². The topological polar surface area (TPSA) is 373 Å². The first kappa shape index (κ1) is 87.5. The molecule has 4 heterocycles. The van der Waals surface area contributed by atoms with Crippen molar-refractivity contribution >= 4 is 119 Å². The Morgan fingerprint density at radius 1 is 0.265 bits per heavy atom. The minimum atomic E-state index is -1.13. The maximum atomic E-state index is 10.1. The molecule has 0 unspecified atom stereocenters. The quantitative estimate of drug-likeness (QED) is 0.123. The molecule has 0 saturated heterocycles. The molecular formula is C76H78Ga2N4O16. The van der Waals surface area contributed by atoms with Gasteiger partial charge in [0, 0.05) is 78.5 Å². The molecule has 0 aliphatic heterocycles. The first-order valence-electron chi connectivity index (χ1n) is 29.5. The molecule has 4 aromatic heterocycles. The predicted molar refractivity (Wildman–Crippen MR) is 370 cm³/mol. The standard InChI is InChI=1S/4C10H9NO.3C7H6O2.3C5H10O2.2Ga/c4*1-7-5-6-8-3-2-4-9(12)10(8)11-7;3*8-7(9)6-4-2-1-3-5-6;3*1-5(2,3)4(6)7;;/h4*2-6,12H,1H3;3*1-5H,(H,8,9);3*1-3H3,(H,6,7);;/q;;;;;;;;;;2*+3/p-6. The summed E-state index contributed by atoms with van der Waals surface area (Å²) in [6.45, 7) is 22.0. The molecule has 0 spiro atoms. The predicted octanol–water partition coefficient (Wildman–Crippen LogP) is 7.73. The zero-order valence-corrected chi connectivity index (χ0v) is 61.7. The molecule has 504 valence electrons. The molecular weight excluding hydrogens is 1360 g/mol. The number of benzene rings is 7. The second-order valence-electron chi connectivity index (χ2n) is 23.8. The molecule has 0 bridgehead atoms. The number of para-hydroxylation sites is 4. The smallest absolute Gasteiger partial charge is 0.550 e. The number of aryl methyl sites for hydroxylation is 4. The van der Waals surface area contributed by atoms with Gasteiger partial charge in [-0.3, -0.25) is 0 Å². The van der Waals surface area contributed by atoms with Crippen LogP contribution in [0.15, 0.2) is 212 Å². The molecule has 4 N–H and O–H groups in total. The fourth-order valence-corrected chi connectivity index (χ4v) is 6.64. The second kappa shape index (κ2) is 42.8. The van der Waals surface area contributed by atoms with Crippen molar-refractivity contribution in [2.75, 3.05) is 0 Å². The number of carboxylic acids is 6. The summed E-state index contributed by atoms with van der Waals surface area (Å²) < 4.78 is 0. The van der Waals surface area contributed by atoms with Gasteiger partial charge in [0.2, 0.25) is 0 Å². The number of carbonyl (C=O) groups excluding carboxylic acids is 6. The third-order valence-electron chi connectivity index (χ3n) is 12.2. The van der Waals surface area contributed by atoms with E-state index in [0.29, 0.717) is 22.1 Å². The van der Waals surface area contributed by atoms with Gasteiger partial charge in [0.15, 0.2) is 0 Å². The van der Waals surface area contributed by atoms with E-state index in [9.17, 15) is 79.8 Å². The van der Waals surface area contributed by atoms with Gasteiger partial charge in [-0.25, -0.2) is 19.9 Å². The van der Waals surface area contributed by atoms with E-state index in [4.69, 9.17) is 0 Å². The Kier molecular flexibility index (Phi) is 38.2. The van der Waals surface area contributed by atoms with E-state index in [2.05, 4.69) is 19.9 Å². The van der Waals surface area contributed by atoms with Gasteiger partial charge in [0.1, 0.15) is 45.1 Å². The Hall–Kier alpha value is -10.5. The van der Waals surface area contributed by atoms with Gasteiger partial charge in [-0.2, -0.15) is 0 Å². The van der Waals surface area contributed by atoms with E-state index < -0.39 is 52.1 Å². The minimum Gasteiger partial charge on any atom is -0.550 e. The second-order valence-corrected chi connectivity index (χ2v) is 23.8. The van der Waals surface area contributed by atoms with Gasteiger partial charge >= 0.3 is 39.6 Å². The van der Waals surface area contributed by atoms with Crippen LogP contribution in [0.1, 0.15) is 116 Å². The first-order valence-corrected chi connectivity index (χ1v) is 29.5. The monoisotopic (exact) mass is 1440 g/mol. The zero-order chi connectivity index (χ0) is 72.5. The van der Waals surface area contributed by atoms with E-state index in [1.165, 1.54) is 36.4 Å². The summed E-state index contributed by atoms with van der Waals surface area (Å²) >= 11 is 0. The van der Waals surface area contributed by atoms with E-state index in [-0.39, 0.29) is 79.3 Å². The molecule has 20 nitrogen and oxygen atoms in total. The number of phenolic OH excluding ortho intramolecular Hbond substituents is 4. The molecule has 0 atom stereocenters. The third kappa shape index (κ3) is 33.2. The van der Waals surface area contributed by atoms with Crippen molar-refractivity contribution in [1.82, 2.24) is 19.9 Å². The summed E-state index contributed by atoms with van der Waals surface area (Å²) in [7, 11) is 0. The number of aromatic nitrogens is 4. The third-order valence-corrected chi connectivity index (χ3v) is 12.2. The van der Waals surface area contributed by atoms with Crippen LogP contribution in [-0.2, 0) is 14.4 Å². The number of hydrogen-bond acceptors (Lipinski definition) is 20. The molecule has 11 rings (SSSR count). The van der Waals surface area contributed by atoms with Crippen molar-refractivity contribution in [2.24, 2.45) is 16.2 Å². The number of aliphatic carboxylic acids is 3. The normalized spacial score (nSPS) is 9.97. The summed E-state index contributed by atoms with van der Waals surface area (Å²) in [6.07, 6.45) is 0. The van der Waals surface area contributed by atoms with Crippen molar-refractivity contribution < 1.29 is 79.8 Å². The Balaban J connectivity index is 0.00000107. The minimum absolute atomic E-state index is 0. The van der Waals surface area contributed by atoms with Crippen molar-refractivity contribution in [3.63, 3.8) is 0 Å². The number of pyridine rings is 4. The average Bonchev–Trinajstić information content (AvgIpc) is 0.851. The van der Waals surface area contributed by atoms with Crippen LogP contribution in [-0.4, -0.2) is 116 Å². The number of aromatic hydroxyl groups is 4. The molecule has 0 amide bonds. The molecule has 98 heavy (non-hydrogen) atoms. The van der Waals surface area contributed by atoms with Crippen LogP contribution < -0.4 is 30.6 Å². The van der Waals surface area contributed by atoms with Crippen LogP contribution in [0.25, 0.3) is 43.6 Å². The fraction of sp³-hybridized carbons (Fsp3) is 0.211. The van der Waals surface area contributed by atoms with Crippen molar-refractivity contribution in [3.05, 3.63) is 252 Å². The fourth-order valence-electron chi connectivity index (χ4n) is 6.64. The van der Waals surface area contributed by atoms with Crippen LogP contribution in [0.3, 0.4) is 0 Å². The summed E-state index contributed by atoms with van der Waals surface area (Å²) in [6, 6.07) is 61.3. The molecule has 0 aliphatic carbocycles. The molecule has 0 radical (unpaired) electrons. The van der Waals surface area contributed by atoms with Crippen LogP contribution in [0, 0.1) is 43.9 Å². The van der Waals surface area contributed by atoms with Crippen LogP contribution >= 0.6 is 0 Å². The van der Waals surface area contributed by atoms with Gasteiger partial charge in [0.25, 0.3) is 0 Å². The number of rotatable bonds is 3.